The number of amides is 1. The third-order valence-electron chi connectivity index (χ3n) is 1.64. The zero-order valence-electron chi connectivity index (χ0n) is 7.40. The van der Waals surface area contributed by atoms with Crippen LogP contribution >= 0.6 is 34.8 Å². The predicted molar refractivity (Wildman–Crippen MR) is 60.5 cm³/mol. The van der Waals surface area contributed by atoms with Gasteiger partial charge in [0.15, 0.2) is 0 Å². The fraction of sp³-hybridized carbons (Fsp3) is 0.222. The fourth-order valence-corrected chi connectivity index (χ4v) is 1.42. The summed E-state index contributed by atoms with van der Waals surface area (Å²) in [6, 6.07) is 3.29. The zero-order chi connectivity index (χ0) is 10.7. The molecule has 0 spiro atoms. The molecule has 1 N–H and O–H groups in total. The van der Waals surface area contributed by atoms with E-state index >= 15 is 0 Å². The van der Waals surface area contributed by atoms with Crippen molar-refractivity contribution < 1.29 is 4.79 Å². The SMILES string of the molecule is Cc1cc(Cl)c(NC(=O)CCl)cc1Cl. The van der Waals surface area contributed by atoms with Gasteiger partial charge in [-0.15, -0.1) is 11.6 Å². The van der Waals surface area contributed by atoms with Crippen LogP contribution < -0.4 is 5.32 Å². The Hall–Kier alpha value is -0.440. The summed E-state index contributed by atoms with van der Waals surface area (Å²) in [6.45, 7) is 1.83. The van der Waals surface area contributed by atoms with Crippen molar-refractivity contribution in [1.29, 1.82) is 0 Å². The highest BCUT2D eigenvalue weighted by Crippen LogP contribution is 2.28. The lowest BCUT2D eigenvalue weighted by Crippen LogP contribution is -2.12. The Morgan fingerprint density at radius 3 is 2.57 bits per heavy atom. The average molecular weight is 253 g/mol. The van der Waals surface area contributed by atoms with E-state index in [1.54, 1.807) is 12.1 Å². The normalized spacial score (nSPS) is 10.0. The summed E-state index contributed by atoms with van der Waals surface area (Å²) in [5.74, 6) is -0.421. The second kappa shape index (κ2) is 4.87. The first-order valence-corrected chi connectivity index (χ1v) is 5.15. The molecule has 0 heterocycles. The second-order valence-electron chi connectivity index (χ2n) is 2.76. The lowest BCUT2D eigenvalue weighted by molar-refractivity contribution is -0.113. The maximum atomic E-state index is 11.0. The largest absolute Gasteiger partial charge is 0.324 e. The number of carbonyl (C=O) groups is 1. The van der Waals surface area contributed by atoms with Gasteiger partial charge in [0.05, 0.1) is 10.7 Å². The van der Waals surface area contributed by atoms with E-state index in [1.807, 2.05) is 6.92 Å². The van der Waals surface area contributed by atoms with Crippen LogP contribution in [0.25, 0.3) is 0 Å². The summed E-state index contributed by atoms with van der Waals surface area (Å²) in [4.78, 5) is 11.0. The highest BCUT2D eigenvalue weighted by atomic mass is 35.5. The van der Waals surface area contributed by atoms with Gasteiger partial charge in [-0.25, -0.2) is 0 Å². The number of halogens is 3. The fourth-order valence-electron chi connectivity index (χ4n) is 0.926. The Morgan fingerprint density at radius 2 is 2.00 bits per heavy atom. The molecule has 0 aromatic heterocycles. The summed E-state index contributed by atoms with van der Waals surface area (Å²) >= 11 is 17.1. The molecule has 0 aliphatic heterocycles. The molecule has 0 fully saturated rings. The molecule has 0 radical (unpaired) electrons. The van der Waals surface area contributed by atoms with Crippen LogP contribution in [0, 0.1) is 6.92 Å². The molecule has 0 atom stereocenters. The minimum absolute atomic E-state index is 0.109. The lowest BCUT2D eigenvalue weighted by atomic mass is 10.2. The van der Waals surface area contributed by atoms with Crippen LogP contribution in [-0.2, 0) is 4.79 Å². The van der Waals surface area contributed by atoms with Crippen molar-refractivity contribution in [3.63, 3.8) is 0 Å². The van der Waals surface area contributed by atoms with Crippen LogP contribution in [0.5, 0.6) is 0 Å². The monoisotopic (exact) mass is 251 g/mol. The number of rotatable bonds is 2. The molecule has 0 aliphatic rings. The quantitative estimate of drug-likeness (QED) is 0.802. The molecule has 1 aromatic rings. The van der Waals surface area contributed by atoms with Crippen molar-refractivity contribution in [3.05, 3.63) is 27.7 Å². The highest BCUT2D eigenvalue weighted by molar-refractivity contribution is 6.36. The minimum atomic E-state index is -0.312. The van der Waals surface area contributed by atoms with Crippen molar-refractivity contribution in [2.45, 2.75) is 6.92 Å². The first-order valence-electron chi connectivity index (χ1n) is 3.86. The van der Waals surface area contributed by atoms with Crippen LogP contribution in [0.4, 0.5) is 5.69 Å². The Bertz CT molecular complexity index is 365. The zero-order valence-corrected chi connectivity index (χ0v) is 9.67. The van der Waals surface area contributed by atoms with Gasteiger partial charge in [-0.3, -0.25) is 4.79 Å². The van der Waals surface area contributed by atoms with E-state index in [0.717, 1.165) is 5.56 Å². The molecule has 0 unspecified atom stereocenters. The standard InChI is InChI=1S/C9H8Cl3NO/c1-5-2-7(12)8(3-6(5)11)13-9(14)4-10/h2-3H,4H2,1H3,(H,13,14). The van der Waals surface area contributed by atoms with Crippen molar-refractivity contribution in [2.24, 2.45) is 0 Å². The van der Waals surface area contributed by atoms with E-state index in [-0.39, 0.29) is 11.8 Å². The molecule has 0 saturated heterocycles. The first kappa shape index (κ1) is 11.6. The van der Waals surface area contributed by atoms with Crippen LogP contribution in [0.2, 0.25) is 10.0 Å². The molecule has 2 nitrogen and oxygen atoms in total. The number of carbonyl (C=O) groups excluding carboxylic acids is 1. The average Bonchev–Trinajstić information content (AvgIpc) is 2.14. The van der Waals surface area contributed by atoms with Crippen molar-refractivity contribution in [1.82, 2.24) is 0 Å². The topological polar surface area (TPSA) is 29.1 Å². The number of anilines is 1. The number of nitrogens with one attached hydrogen (secondary N) is 1. The molecule has 0 saturated carbocycles. The van der Waals surface area contributed by atoms with Gasteiger partial charge in [0.1, 0.15) is 5.88 Å². The molecule has 5 heteroatoms. The minimum Gasteiger partial charge on any atom is -0.324 e. The van der Waals surface area contributed by atoms with Gasteiger partial charge in [0.25, 0.3) is 0 Å². The van der Waals surface area contributed by atoms with E-state index in [2.05, 4.69) is 5.32 Å². The lowest BCUT2D eigenvalue weighted by Gasteiger charge is -2.07. The third-order valence-corrected chi connectivity index (χ3v) is 2.61. The third kappa shape index (κ3) is 2.77. The summed E-state index contributed by atoms with van der Waals surface area (Å²) in [7, 11) is 0. The number of benzene rings is 1. The van der Waals surface area contributed by atoms with Crippen LogP contribution in [0.15, 0.2) is 12.1 Å². The van der Waals surface area contributed by atoms with Gasteiger partial charge < -0.3 is 5.32 Å². The van der Waals surface area contributed by atoms with Gasteiger partial charge in [-0.05, 0) is 24.6 Å². The maximum absolute atomic E-state index is 11.0. The van der Waals surface area contributed by atoms with Crippen LogP contribution in [0.3, 0.4) is 0 Å². The van der Waals surface area contributed by atoms with Crippen LogP contribution in [0.1, 0.15) is 5.56 Å². The van der Waals surface area contributed by atoms with Gasteiger partial charge >= 0.3 is 0 Å². The van der Waals surface area contributed by atoms with Crippen molar-refractivity contribution >= 4 is 46.4 Å². The molecule has 0 aliphatic carbocycles. The summed E-state index contributed by atoms with van der Waals surface area (Å²) in [6.07, 6.45) is 0. The highest BCUT2D eigenvalue weighted by Gasteiger charge is 2.07. The van der Waals surface area contributed by atoms with Crippen molar-refractivity contribution in [3.8, 4) is 0 Å². The number of hydrogen-bond acceptors (Lipinski definition) is 1. The molecular formula is C9H8Cl3NO. The van der Waals surface area contributed by atoms with E-state index in [1.165, 1.54) is 0 Å². The number of aryl methyl sites for hydroxylation is 1. The number of hydrogen-bond donors (Lipinski definition) is 1. The van der Waals surface area contributed by atoms with E-state index in [0.29, 0.717) is 15.7 Å². The van der Waals surface area contributed by atoms with E-state index in [4.69, 9.17) is 34.8 Å². The Balaban J connectivity index is 2.98. The van der Waals surface area contributed by atoms with Crippen molar-refractivity contribution in [2.75, 3.05) is 11.2 Å². The molecule has 76 valence electrons. The summed E-state index contributed by atoms with van der Waals surface area (Å²) < 4.78 is 0. The maximum Gasteiger partial charge on any atom is 0.239 e. The van der Waals surface area contributed by atoms with Crippen LogP contribution in [-0.4, -0.2) is 11.8 Å². The smallest absolute Gasteiger partial charge is 0.239 e. The molecule has 1 aromatic carbocycles. The Labute approximate surface area is 97.1 Å². The van der Waals surface area contributed by atoms with Gasteiger partial charge in [-0.1, -0.05) is 23.2 Å². The van der Waals surface area contributed by atoms with E-state index in [9.17, 15) is 4.79 Å². The van der Waals surface area contributed by atoms with Gasteiger partial charge in [0, 0.05) is 5.02 Å². The molecule has 14 heavy (non-hydrogen) atoms. The second-order valence-corrected chi connectivity index (χ2v) is 3.84. The molecule has 1 amide bonds. The van der Waals surface area contributed by atoms with Gasteiger partial charge in [0.2, 0.25) is 5.91 Å². The summed E-state index contributed by atoms with van der Waals surface area (Å²) in [5, 5.41) is 3.54. The predicted octanol–water partition coefficient (Wildman–Crippen LogP) is 3.48. The van der Waals surface area contributed by atoms with Gasteiger partial charge in [-0.2, -0.15) is 0 Å². The Morgan fingerprint density at radius 1 is 1.36 bits per heavy atom. The Kier molecular flexibility index (Phi) is 4.05. The molecule has 1 rings (SSSR count). The molecular weight excluding hydrogens is 244 g/mol. The molecule has 0 bridgehead atoms. The number of alkyl halides is 1. The van der Waals surface area contributed by atoms with E-state index < -0.39 is 0 Å². The summed E-state index contributed by atoms with van der Waals surface area (Å²) in [5.41, 5.74) is 1.34. The first-order chi connectivity index (χ1) is 6.54.